The molecule has 0 saturated heterocycles. The summed E-state index contributed by atoms with van der Waals surface area (Å²) >= 11 is 0. The summed E-state index contributed by atoms with van der Waals surface area (Å²) < 4.78 is 0. The zero-order valence-corrected chi connectivity index (χ0v) is 8.89. The maximum absolute atomic E-state index is 10.3. The van der Waals surface area contributed by atoms with Gasteiger partial charge in [0.05, 0.1) is 11.6 Å². The minimum Gasteiger partial charge on any atom is -0.481 e. The van der Waals surface area contributed by atoms with E-state index in [1.807, 2.05) is 24.3 Å². The number of rotatable bonds is 5. The molecular formula is C13H13NO2. The summed E-state index contributed by atoms with van der Waals surface area (Å²) in [7, 11) is 0. The number of carboxylic acids is 1. The highest BCUT2D eigenvalue weighted by molar-refractivity contribution is 5.66. The smallest absolute Gasteiger partial charge is 0.303 e. The summed E-state index contributed by atoms with van der Waals surface area (Å²) in [5, 5.41) is 17.1. The molecule has 0 heterocycles. The first-order valence-electron chi connectivity index (χ1n) is 5.11. The SMILES string of the molecule is N#Cc1cccc(C=CCCCC(=O)O)c1. The van der Waals surface area contributed by atoms with Gasteiger partial charge in [0.1, 0.15) is 0 Å². The Bertz CT molecular complexity index is 430. The number of nitrogens with zero attached hydrogens (tertiary/aromatic N) is 1. The summed E-state index contributed by atoms with van der Waals surface area (Å²) in [6, 6.07) is 9.36. The standard InChI is InChI=1S/C13H13NO2/c14-10-12-7-4-6-11(9-12)5-2-1-3-8-13(15)16/h2,4-7,9H,1,3,8H2,(H,15,16). The van der Waals surface area contributed by atoms with Gasteiger partial charge in [-0.05, 0) is 30.5 Å². The summed E-state index contributed by atoms with van der Waals surface area (Å²) in [6.07, 6.45) is 5.41. The monoisotopic (exact) mass is 215 g/mol. The molecule has 0 saturated carbocycles. The van der Waals surface area contributed by atoms with Crippen molar-refractivity contribution in [1.29, 1.82) is 5.26 Å². The van der Waals surface area contributed by atoms with E-state index >= 15 is 0 Å². The molecule has 0 radical (unpaired) electrons. The number of allylic oxidation sites excluding steroid dienone is 1. The number of hydrogen-bond donors (Lipinski definition) is 1. The highest BCUT2D eigenvalue weighted by Crippen LogP contribution is 2.07. The van der Waals surface area contributed by atoms with Crippen molar-refractivity contribution in [3.05, 3.63) is 41.5 Å². The third-order valence-electron chi connectivity index (χ3n) is 2.09. The van der Waals surface area contributed by atoms with Crippen LogP contribution in [0.2, 0.25) is 0 Å². The Kier molecular flexibility index (Phi) is 4.81. The van der Waals surface area contributed by atoms with Crippen LogP contribution in [0.25, 0.3) is 6.08 Å². The second kappa shape index (κ2) is 6.41. The third-order valence-corrected chi connectivity index (χ3v) is 2.09. The Morgan fingerprint density at radius 2 is 2.31 bits per heavy atom. The second-order valence-corrected chi connectivity index (χ2v) is 3.43. The van der Waals surface area contributed by atoms with E-state index in [2.05, 4.69) is 6.07 Å². The van der Waals surface area contributed by atoms with Crippen LogP contribution >= 0.6 is 0 Å². The molecule has 0 bridgehead atoms. The van der Waals surface area contributed by atoms with Crippen LogP contribution in [0.4, 0.5) is 0 Å². The van der Waals surface area contributed by atoms with Gasteiger partial charge in [-0.15, -0.1) is 0 Å². The molecule has 0 aliphatic heterocycles. The molecule has 1 aromatic rings. The molecule has 0 unspecified atom stereocenters. The van der Waals surface area contributed by atoms with Crippen molar-refractivity contribution >= 4 is 12.0 Å². The van der Waals surface area contributed by atoms with Gasteiger partial charge in [-0.2, -0.15) is 5.26 Å². The summed E-state index contributed by atoms with van der Waals surface area (Å²) in [6.45, 7) is 0. The Labute approximate surface area is 94.6 Å². The Balaban J connectivity index is 2.44. The van der Waals surface area contributed by atoms with Gasteiger partial charge in [0.2, 0.25) is 0 Å². The summed E-state index contributed by atoms with van der Waals surface area (Å²) in [5.74, 6) is -0.764. The fourth-order valence-corrected chi connectivity index (χ4v) is 1.30. The topological polar surface area (TPSA) is 61.1 Å². The molecule has 0 spiro atoms. The molecule has 0 aliphatic rings. The molecule has 0 amide bonds. The van der Waals surface area contributed by atoms with Gasteiger partial charge in [-0.3, -0.25) is 4.79 Å². The van der Waals surface area contributed by atoms with Gasteiger partial charge in [-0.1, -0.05) is 24.3 Å². The molecule has 3 heteroatoms. The molecule has 3 nitrogen and oxygen atoms in total. The maximum Gasteiger partial charge on any atom is 0.303 e. The summed E-state index contributed by atoms with van der Waals surface area (Å²) in [5.41, 5.74) is 1.60. The van der Waals surface area contributed by atoms with Gasteiger partial charge in [0, 0.05) is 6.42 Å². The molecule has 16 heavy (non-hydrogen) atoms. The lowest BCUT2D eigenvalue weighted by Crippen LogP contribution is -1.92. The van der Waals surface area contributed by atoms with E-state index in [0.717, 1.165) is 12.0 Å². The zero-order chi connectivity index (χ0) is 11.8. The van der Waals surface area contributed by atoms with Crippen LogP contribution in [0.1, 0.15) is 30.4 Å². The van der Waals surface area contributed by atoms with Crippen molar-refractivity contribution in [3.63, 3.8) is 0 Å². The van der Waals surface area contributed by atoms with Crippen LogP contribution in [0.5, 0.6) is 0 Å². The number of unbranched alkanes of at least 4 members (excludes halogenated alkanes) is 1. The van der Waals surface area contributed by atoms with Gasteiger partial charge in [0.25, 0.3) is 0 Å². The fraction of sp³-hybridized carbons (Fsp3) is 0.231. The minimum absolute atomic E-state index is 0.197. The normalized spacial score (nSPS) is 10.2. The van der Waals surface area contributed by atoms with Gasteiger partial charge < -0.3 is 5.11 Å². The number of hydrogen-bond acceptors (Lipinski definition) is 2. The average molecular weight is 215 g/mol. The van der Waals surface area contributed by atoms with Gasteiger partial charge in [-0.25, -0.2) is 0 Å². The van der Waals surface area contributed by atoms with E-state index in [9.17, 15) is 4.79 Å². The molecule has 1 rings (SSSR count). The van der Waals surface area contributed by atoms with E-state index in [1.54, 1.807) is 12.1 Å². The van der Waals surface area contributed by atoms with Crippen LogP contribution in [0, 0.1) is 11.3 Å². The first kappa shape index (κ1) is 12.0. The molecule has 0 atom stereocenters. The molecule has 0 fully saturated rings. The fourth-order valence-electron chi connectivity index (χ4n) is 1.30. The largest absolute Gasteiger partial charge is 0.481 e. The lowest BCUT2D eigenvalue weighted by Gasteiger charge is -1.94. The average Bonchev–Trinajstić information content (AvgIpc) is 2.28. The van der Waals surface area contributed by atoms with Crippen molar-refractivity contribution in [1.82, 2.24) is 0 Å². The quantitative estimate of drug-likeness (QED) is 0.768. The van der Waals surface area contributed by atoms with E-state index in [4.69, 9.17) is 10.4 Å². The van der Waals surface area contributed by atoms with Crippen molar-refractivity contribution in [2.75, 3.05) is 0 Å². The first-order valence-corrected chi connectivity index (χ1v) is 5.11. The maximum atomic E-state index is 10.3. The minimum atomic E-state index is -0.764. The van der Waals surface area contributed by atoms with Crippen LogP contribution < -0.4 is 0 Å². The third kappa shape index (κ3) is 4.43. The van der Waals surface area contributed by atoms with Crippen molar-refractivity contribution < 1.29 is 9.90 Å². The van der Waals surface area contributed by atoms with Gasteiger partial charge in [0.15, 0.2) is 0 Å². The van der Waals surface area contributed by atoms with Crippen molar-refractivity contribution in [3.8, 4) is 6.07 Å². The molecule has 1 aromatic carbocycles. The van der Waals surface area contributed by atoms with E-state index in [0.29, 0.717) is 12.0 Å². The number of aliphatic carboxylic acids is 1. The predicted molar refractivity (Wildman–Crippen MR) is 61.7 cm³/mol. The van der Waals surface area contributed by atoms with Crippen molar-refractivity contribution in [2.24, 2.45) is 0 Å². The van der Waals surface area contributed by atoms with Crippen LogP contribution in [-0.2, 0) is 4.79 Å². The Morgan fingerprint density at radius 1 is 1.50 bits per heavy atom. The Morgan fingerprint density at radius 3 is 3.00 bits per heavy atom. The van der Waals surface area contributed by atoms with Crippen LogP contribution in [-0.4, -0.2) is 11.1 Å². The number of carbonyl (C=O) groups is 1. The predicted octanol–water partition coefficient (Wildman–Crippen LogP) is 2.83. The van der Waals surface area contributed by atoms with Gasteiger partial charge >= 0.3 is 5.97 Å². The Hall–Kier alpha value is -2.08. The van der Waals surface area contributed by atoms with Crippen LogP contribution in [0.15, 0.2) is 30.3 Å². The molecule has 0 aliphatic carbocycles. The number of nitriles is 1. The highest BCUT2D eigenvalue weighted by atomic mass is 16.4. The lowest BCUT2D eigenvalue weighted by molar-refractivity contribution is -0.137. The second-order valence-electron chi connectivity index (χ2n) is 3.43. The molecular weight excluding hydrogens is 202 g/mol. The van der Waals surface area contributed by atoms with E-state index in [1.165, 1.54) is 0 Å². The zero-order valence-electron chi connectivity index (χ0n) is 8.89. The first-order chi connectivity index (χ1) is 7.72. The molecule has 1 N–H and O–H groups in total. The molecule has 82 valence electrons. The number of benzene rings is 1. The summed E-state index contributed by atoms with van der Waals surface area (Å²) in [4.78, 5) is 10.3. The lowest BCUT2D eigenvalue weighted by atomic mass is 10.1. The van der Waals surface area contributed by atoms with E-state index in [-0.39, 0.29) is 6.42 Å². The molecule has 0 aromatic heterocycles. The highest BCUT2D eigenvalue weighted by Gasteiger charge is 1.94. The van der Waals surface area contributed by atoms with Crippen LogP contribution in [0.3, 0.4) is 0 Å². The number of carboxylic acid groups (broad SMARTS) is 1. The van der Waals surface area contributed by atoms with Crippen molar-refractivity contribution in [2.45, 2.75) is 19.3 Å². The van der Waals surface area contributed by atoms with E-state index < -0.39 is 5.97 Å².